The van der Waals surface area contributed by atoms with Gasteiger partial charge in [0.05, 0.1) is 11.0 Å². The predicted octanol–water partition coefficient (Wildman–Crippen LogP) is 5.08. The van der Waals surface area contributed by atoms with Gasteiger partial charge in [-0.1, -0.05) is 78.9 Å². The van der Waals surface area contributed by atoms with Gasteiger partial charge >= 0.3 is 0 Å². The van der Waals surface area contributed by atoms with E-state index >= 15 is 0 Å². The second kappa shape index (κ2) is 8.94. The lowest BCUT2D eigenvalue weighted by atomic mass is 10.1. The van der Waals surface area contributed by atoms with Gasteiger partial charge in [0.1, 0.15) is 24.7 Å². The monoisotopic (exact) mass is 421 g/mol. The lowest BCUT2D eigenvalue weighted by molar-refractivity contribution is -0.121. The molecule has 0 aliphatic rings. The molecule has 1 heterocycles. The molecule has 4 aromatic carbocycles. The highest BCUT2D eigenvalue weighted by molar-refractivity contribution is 5.88. The summed E-state index contributed by atoms with van der Waals surface area (Å²) in [5, 5.41) is 5.18. The van der Waals surface area contributed by atoms with E-state index in [4.69, 9.17) is 9.72 Å². The van der Waals surface area contributed by atoms with Gasteiger partial charge in [0.25, 0.3) is 0 Å². The van der Waals surface area contributed by atoms with E-state index in [0.29, 0.717) is 12.4 Å². The minimum atomic E-state index is -0.0663. The number of rotatable bonds is 7. The highest BCUT2D eigenvalue weighted by atomic mass is 16.5. The molecule has 0 fully saturated rings. The van der Waals surface area contributed by atoms with E-state index in [9.17, 15) is 4.79 Å². The van der Waals surface area contributed by atoms with Crippen molar-refractivity contribution in [2.45, 2.75) is 19.7 Å². The number of nitrogens with one attached hydrogen (secondary N) is 1. The third-order valence-electron chi connectivity index (χ3n) is 5.47. The normalized spacial score (nSPS) is 11.0. The first-order valence-electron chi connectivity index (χ1n) is 10.6. The van der Waals surface area contributed by atoms with Crippen molar-refractivity contribution in [1.82, 2.24) is 14.9 Å². The topological polar surface area (TPSA) is 56.2 Å². The van der Waals surface area contributed by atoms with Crippen molar-refractivity contribution in [2.75, 3.05) is 0 Å². The molecule has 0 aliphatic carbocycles. The van der Waals surface area contributed by atoms with Crippen molar-refractivity contribution in [3.05, 3.63) is 108 Å². The van der Waals surface area contributed by atoms with Crippen molar-refractivity contribution in [2.24, 2.45) is 0 Å². The second-order valence-electron chi connectivity index (χ2n) is 7.63. The fourth-order valence-corrected chi connectivity index (χ4v) is 3.87. The third kappa shape index (κ3) is 4.18. The molecule has 0 atom stereocenters. The van der Waals surface area contributed by atoms with Gasteiger partial charge in [-0.25, -0.2) is 4.98 Å². The molecule has 5 nitrogen and oxygen atoms in total. The molecule has 5 heteroatoms. The Labute approximate surface area is 186 Å². The van der Waals surface area contributed by atoms with Crippen molar-refractivity contribution >= 4 is 27.7 Å². The van der Waals surface area contributed by atoms with Gasteiger partial charge in [-0.05, 0) is 29.1 Å². The van der Waals surface area contributed by atoms with E-state index in [-0.39, 0.29) is 19.1 Å². The number of carbonyl (C=O) groups is 1. The van der Waals surface area contributed by atoms with Crippen LogP contribution in [0.4, 0.5) is 0 Å². The zero-order valence-corrected chi connectivity index (χ0v) is 17.6. The van der Waals surface area contributed by atoms with Crippen LogP contribution in [0.2, 0.25) is 0 Å². The second-order valence-corrected chi connectivity index (χ2v) is 7.63. The molecule has 1 amide bonds. The summed E-state index contributed by atoms with van der Waals surface area (Å²) in [4.78, 5) is 17.5. The SMILES string of the molecule is O=C(Cn1c(COc2cccc3ccccc23)nc2ccccc21)NCc1ccccc1. The molecule has 5 aromatic rings. The van der Waals surface area contributed by atoms with Gasteiger partial charge in [-0.15, -0.1) is 0 Å². The molecule has 158 valence electrons. The molecule has 0 saturated heterocycles. The Morgan fingerprint density at radius 1 is 0.844 bits per heavy atom. The fourth-order valence-electron chi connectivity index (χ4n) is 3.87. The number of benzene rings is 4. The number of ether oxygens (including phenoxy) is 1. The Kier molecular flexibility index (Phi) is 5.54. The minimum absolute atomic E-state index is 0.0663. The first kappa shape index (κ1) is 19.8. The summed E-state index contributed by atoms with van der Waals surface area (Å²) in [6, 6.07) is 31.9. The zero-order valence-electron chi connectivity index (χ0n) is 17.6. The maximum atomic E-state index is 12.7. The summed E-state index contributed by atoms with van der Waals surface area (Å²) in [7, 11) is 0. The molecule has 1 aromatic heterocycles. The largest absolute Gasteiger partial charge is 0.485 e. The van der Waals surface area contributed by atoms with Gasteiger partial charge in [-0.3, -0.25) is 4.79 Å². The van der Waals surface area contributed by atoms with Crippen LogP contribution in [0.25, 0.3) is 21.8 Å². The predicted molar refractivity (Wildman–Crippen MR) is 126 cm³/mol. The Morgan fingerprint density at radius 2 is 1.59 bits per heavy atom. The van der Waals surface area contributed by atoms with Gasteiger partial charge in [-0.2, -0.15) is 0 Å². The van der Waals surface area contributed by atoms with Crippen LogP contribution in [0.3, 0.4) is 0 Å². The maximum absolute atomic E-state index is 12.7. The average molecular weight is 422 g/mol. The lowest BCUT2D eigenvalue weighted by Gasteiger charge is -2.12. The van der Waals surface area contributed by atoms with E-state index in [1.165, 1.54) is 0 Å². The zero-order chi connectivity index (χ0) is 21.8. The summed E-state index contributed by atoms with van der Waals surface area (Å²) in [6.07, 6.45) is 0. The molecule has 0 saturated carbocycles. The first-order chi connectivity index (χ1) is 15.8. The van der Waals surface area contributed by atoms with Gasteiger partial charge in [0.15, 0.2) is 0 Å². The molecule has 32 heavy (non-hydrogen) atoms. The van der Waals surface area contributed by atoms with Crippen LogP contribution in [-0.4, -0.2) is 15.5 Å². The van der Waals surface area contributed by atoms with E-state index in [1.807, 2.05) is 89.5 Å². The highest BCUT2D eigenvalue weighted by Gasteiger charge is 2.14. The molecule has 0 aliphatic heterocycles. The molecular formula is C27H23N3O2. The van der Waals surface area contributed by atoms with Crippen molar-refractivity contribution in [3.63, 3.8) is 0 Å². The smallest absolute Gasteiger partial charge is 0.240 e. The molecule has 0 spiro atoms. The molecular weight excluding hydrogens is 398 g/mol. The number of hydrogen-bond acceptors (Lipinski definition) is 3. The van der Waals surface area contributed by atoms with E-state index < -0.39 is 0 Å². The Bertz CT molecular complexity index is 1370. The Hall–Kier alpha value is -4.12. The fraction of sp³-hybridized carbons (Fsp3) is 0.111. The van der Waals surface area contributed by atoms with Crippen molar-refractivity contribution in [1.29, 1.82) is 0 Å². The average Bonchev–Trinajstić information content (AvgIpc) is 3.19. The Morgan fingerprint density at radius 3 is 2.50 bits per heavy atom. The van der Waals surface area contributed by atoms with Crippen LogP contribution >= 0.6 is 0 Å². The third-order valence-corrected chi connectivity index (χ3v) is 5.47. The van der Waals surface area contributed by atoms with Gasteiger partial charge < -0.3 is 14.6 Å². The summed E-state index contributed by atoms with van der Waals surface area (Å²) >= 11 is 0. The van der Waals surface area contributed by atoms with Crippen LogP contribution in [0.15, 0.2) is 97.1 Å². The standard InChI is InChI=1S/C27H23N3O2/c31-27(28-17-20-9-2-1-3-10-20)18-30-24-15-7-6-14-23(24)29-26(30)19-32-25-16-8-12-21-11-4-5-13-22(21)25/h1-16H,17-19H2,(H,28,31). The number of carbonyl (C=O) groups excluding carboxylic acids is 1. The van der Waals surface area contributed by atoms with Crippen LogP contribution in [0.1, 0.15) is 11.4 Å². The van der Waals surface area contributed by atoms with Crippen molar-refractivity contribution < 1.29 is 9.53 Å². The van der Waals surface area contributed by atoms with E-state index in [1.54, 1.807) is 0 Å². The van der Waals surface area contributed by atoms with E-state index in [2.05, 4.69) is 17.4 Å². The molecule has 0 radical (unpaired) electrons. The molecule has 1 N–H and O–H groups in total. The summed E-state index contributed by atoms with van der Waals surface area (Å²) in [6.45, 7) is 0.949. The molecule has 0 bridgehead atoms. The number of nitrogens with zero attached hydrogens (tertiary/aromatic N) is 2. The number of para-hydroxylation sites is 2. The van der Waals surface area contributed by atoms with Crippen LogP contribution < -0.4 is 10.1 Å². The van der Waals surface area contributed by atoms with Crippen LogP contribution in [0, 0.1) is 0 Å². The Balaban J connectivity index is 1.37. The minimum Gasteiger partial charge on any atom is -0.485 e. The highest BCUT2D eigenvalue weighted by Crippen LogP contribution is 2.26. The van der Waals surface area contributed by atoms with Crippen LogP contribution in [-0.2, 0) is 24.5 Å². The number of hydrogen-bond donors (Lipinski definition) is 1. The summed E-state index contributed by atoms with van der Waals surface area (Å²) in [5.41, 5.74) is 2.83. The molecule has 5 rings (SSSR count). The lowest BCUT2D eigenvalue weighted by Crippen LogP contribution is -2.28. The first-order valence-corrected chi connectivity index (χ1v) is 10.6. The van der Waals surface area contributed by atoms with Gasteiger partial charge in [0, 0.05) is 11.9 Å². The maximum Gasteiger partial charge on any atom is 0.240 e. The quantitative estimate of drug-likeness (QED) is 0.398. The van der Waals surface area contributed by atoms with Gasteiger partial charge in [0.2, 0.25) is 5.91 Å². The number of fused-ring (bicyclic) bond motifs is 2. The number of aromatic nitrogens is 2. The summed E-state index contributed by atoms with van der Waals surface area (Å²) in [5.74, 6) is 1.45. The number of imidazole rings is 1. The van der Waals surface area contributed by atoms with Crippen molar-refractivity contribution in [3.8, 4) is 5.75 Å². The van der Waals surface area contributed by atoms with Crippen LogP contribution in [0.5, 0.6) is 5.75 Å². The van der Waals surface area contributed by atoms with E-state index in [0.717, 1.165) is 33.1 Å². The molecule has 0 unspecified atom stereocenters. The number of amides is 1. The summed E-state index contributed by atoms with van der Waals surface area (Å²) < 4.78 is 8.10.